The molecule has 2 aromatic rings. The minimum absolute atomic E-state index is 0.0949. The van der Waals surface area contributed by atoms with Gasteiger partial charge in [0.1, 0.15) is 12.4 Å². The lowest BCUT2D eigenvalue weighted by atomic mass is 10.1. The number of nitrogens with zero attached hydrogens (tertiary/aromatic N) is 1. The molecule has 144 valence electrons. The molecule has 27 heavy (non-hydrogen) atoms. The highest BCUT2D eigenvalue weighted by Crippen LogP contribution is 2.20. The van der Waals surface area contributed by atoms with Crippen LogP contribution in [0.2, 0.25) is 0 Å². The number of rotatable bonds is 9. The lowest BCUT2D eigenvalue weighted by Crippen LogP contribution is -2.21. The summed E-state index contributed by atoms with van der Waals surface area (Å²) in [5, 5.41) is 2.87. The summed E-state index contributed by atoms with van der Waals surface area (Å²) in [5.74, 6) is 0.377. The molecule has 0 aliphatic rings. The maximum absolute atomic E-state index is 12.6. The monoisotopic (exact) mass is 370 g/mol. The van der Waals surface area contributed by atoms with Crippen LogP contribution >= 0.6 is 0 Å². The number of ether oxygens (including phenoxy) is 2. The summed E-state index contributed by atoms with van der Waals surface area (Å²) >= 11 is 0. The second kappa shape index (κ2) is 10.3. The van der Waals surface area contributed by atoms with Gasteiger partial charge in [-0.15, -0.1) is 0 Å². The van der Waals surface area contributed by atoms with Crippen molar-refractivity contribution in [1.82, 2.24) is 4.90 Å². The van der Waals surface area contributed by atoms with Crippen molar-refractivity contribution in [3.05, 3.63) is 59.7 Å². The molecule has 0 saturated heterocycles. The van der Waals surface area contributed by atoms with E-state index in [-0.39, 0.29) is 11.8 Å². The largest absolute Gasteiger partial charge is 0.490 e. The van der Waals surface area contributed by atoms with Gasteiger partial charge in [-0.2, -0.15) is 0 Å². The third-order valence-corrected chi connectivity index (χ3v) is 4.01. The van der Waals surface area contributed by atoms with Crippen LogP contribution in [0, 0.1) is 0 Å². The Morgan fingerprint density at radius 3 is 2.37 bits per heavy atom. The molecule has 0 heterocycles. The quantitative estimate of drug-likeness (QED) is 0.689. The molecular weight excluding hydrogens is 344 g/mol. The molecule has 2 rings (SSSR count). The molecule has 0 spiro atoms. The van der Waals surface area contributed by atoms with Gasteiger partial charge in [-0.1, -0.05) is 24.3 Å². The fourth-order valence-electron chi connectivity index (χ4n) is 2.44. The summed E-state index contributed by atoms with van der Waals surface area (Å²) in [7, 11) is 5.09. The number of hydrogen-bond acceptors (Lipinski definition) is 4. The predicted molar refractivity (Wildman–Crippen MR) is 105 cm³/mol. The molecule has 2 aromatic carbocycles. The number of methoxy groups -OCH3 is 1. The fraction of sp³-hybridized carbons (Fsp3) is 0.333. The Labute approximate surface area is 160 Å². The van der Waals surface area contributed by atoms with Gasteiger partial charge in [0, 0.05) is 33.3 Å². The second-order valence-corrected chi connectivity index (χ2v) is 6.28. The number of carbonyl (C=O) groups excluding carboxylic acids is 2. The van der Waals surface area contributed by atoms with Gasteiger partial charge in [-0.05, 0) is 36.2 Å². The molecule has 1 N–H and O–H groups in total. The van der Waals surface area contributed by atoms with Crippen LogP contribution in [0.15, 0.2) is 48.5 Å². The number of para-hydroxylation sites is 1. The average Bonchev–Trinajstić information content (AvgIpc) is 2.67. The molecule has 0 aromatic heterocycles. The van der Waals surface area contributed by atoms with E-state index in [1.807, 2.05) is 30.3 Å². The van der Waals surface area contributed by atoms with Crippen LogP contribution < -0.4 is 10.1 Å². The van der Waals surface area contributed by atoms with E-state index in [9.17, 15) is 9.59 Å². The molecule has 0 atom stereocenters. The number of nitrogens with one attached hydrogen (secondary N) is 1. The van der Waals surface area contributed by atoms with E-state index >= 15 is 0 Å². The van der Waals surface area contributed by atoms with Crippen LogP contribution in [0.4, 0.5) is 5.69 Å². The topological polar surface area (TPSA) is 67.9 Å². The van der Waals surface area contributed by atoms with Gasteiger partial charge in [0.15, 0.2) is 0 Å². The maximum atomic E-state index is 12.6. The van der Waals surface area contributed by atoms with Gasteiger partial charge in [0.2, 0.25) is 5.91 Å². The molecule has 6 heteroatoms. The van der Waals surface area contributed by atoms with Gasteiger partial charge in [-0.25, -0.2) is 0 Å². The lowest BCUT2D eigenvalue weighted by molar-refractivity contribution is -0.128. The van der Waals surface area contributed by atoms with Crippen LogP contribution in [0.1, 0.15) is 22.3 Å². The molecule has 0 radical (unpaired) electrons. The van der Waals surface area contributed by atoms with E-state index in [4.69, 9.17) is 9.47 Å². The van der Waals surface area contributed by atoms with Gasteiger partial charge in [-0.3, -0.25) is 9.59 Å². The van der Waals surface area contributed by atoms with Crippen LogP contribution in [-0.4, -0.2) is 51.1 Å². The summed E-state index contributed by atoms with van der Waals surface area (Å²) in [5.41, 5.74) is 2.20. The van der Waals surface area contributed by atoms with Crippen molar-refractivity contribution in [3.63, 3.8) is 0 Å². The lowest BCUT2D eigenvalue weighted by Gasteiger charge is -2.12. The number of aryl methyl sites for hydroxylation is 1. The zero-order chi connectivity index (χ0) is 19.6. The fourth-order valence-corrected chi connectivity index (χ4v) is 2.44. The van der Waals surface area contributed by atoms with Crippen LogP contribution in [0.3, 0.4) is 0 Å². The van der Waals surface area contributed by atoms with E-state index in [1.165, 1.54) is 0 Å². The minimum atomic E-state index is -0.237. The van der Waals surface area contributed by atoms with Crippen molar-refractivity contribution in [3.8, 4) is 5.75 Å². The molecule has 0 saturated carbocycles. The van der Waals surface area contributed by atoms with Gasteiger partial charge < -0.3 is 19.7 Å². The third-order valence-electron chi connectivity index (χ3n) is 4.01. The Bertz CT molecular complexity index is 757. The summed E-state index contributed by atoms with van der Waals surface area (Å²) in [4.78, 5) is 25.8. The van der Waals surface area contributed by atoms with Crippen LogP contribution in [0.5, 0.6) is 5.75 Å². The van der Waals surface area contributed by atoms with Crippen molar-refractivity contribution in [2.24, 2.45) is 0 Å². The number of hydrogen-bond donors (Lipinski definition) is 1. The van der Waals surface area contributed by atoms with Crippen molar-refractivity contribution in [1.29, 1.82) is 0 Å². The molecular formula is C21H26N2O4. The van der Waals surface area contributed by atoms with Crippen molar-refractivity contribution >= 4 is 17.5 Å². The number of carbonyl (C=O) groups is 2. The molecule has 0 unspecified atom stereocenters. The van der Waals surface area contributed by atoms with Crippen LogP contribution in [-0.2, 0) is 16.0 Å². The third kappa shape index (κ3) is 6.42. The van der Waals surface area contributed by atoms with E-state index < -0.39 is 0 Å². The Morgan fingerprint density at radius 1 is 1.00 bits per heavy atom. The molecule has 0 bridgehead atoms. The summed E-state index contributed by atoms with van der Waals surface area (Å²) in [6, 6.07) is 14.6. The van der Waals surface area contributed by atoms with Crippen molar-refractivity contribution in [2.45, 2.75) is 12.8 Å². The summed E-state index contributed by atoms with van der Waals surface area (Å²) < 4.78 is 10.6. The molecule has 2 amide bonds. The Balaban J connectivity index is 1.97. The minimum Gasteiger partial charge on any atom is -0.490 e. The van der Waals surface area contributed by atoms with E-state index in [2.05, 4.69) is 5.32 Å². The number of anilines is 1. The first kappa shape index (κ1) is 20.5. The smallest absolute Gasteiger partial charge is 0.259 e. The molecule has 0 fully saturated rings. The predicted octanol–water partition coefficient (Wildman–Crippen LogP) is 2.98. The summed E-state index contributed by atoms with van der Waals surface area (Å²) in [6.45, 7) is 0.828. The number of amides is 2. The Morgan fingerprint density at radius 2 is 1.70 bits per heavy atom. The Hall–Kier alpha value is -2.86. The van der Waals surface area contributed by atoms with E-state index in [0.29, 0.717) is 43.1 Å². The normalized spacial score (nSPS) is 10.3. The average molecular weight is 370 g/mol. The molecule has 0 aliphatic heterocycles. The highest BCUT2D eigenvalue weighted by molar-refractivity contribution is 6.06. The Kier molecular flexibility index (Phi) is 7.82. The zero-order valence-electron chi connectivity index (χ0n) is 16.0. The summed E-state index contributed by atoms with van der Waals surface area (Å²) in [6.07, 6.45) is 1.13. The first-order valence-corrected chi connectivity index (χ1v) is 8.82. The maximum Gasteiger partial charge on any atom is 0.259 e. The van der Waals surface area contributed by atoms with Crippen molar-refractivity contribution in [2.75, 3.05) is 39.7 Å². The highest BCUT2D eigenvalue weighted by Gasteiger charge is 2.12. The zero-order valence-corrected chi connectivity index (χ0v) is 16.0. The van der Waals surface area contributed by atoms with E-state index in [1.54, 1.807) is 44.3 Å². The van der Waals surface area contributed by atoms with Gasteiger partial charge >= 0.3 is 0 Å². The standard InChI is InChI=1S/C21H26N2O4/c1-23(2)20(24)13-10-16-8-11-17(12-9-16)22-21(25)18-6-4-5-7-19(18)27-15-14-26-3/h4-9,11-12H,10,13-15H2,1-3H3,(H,22,25). The SMILES string of the molecule is COCCOc1ccccc1C(=O)Nc1ccc(CCC(=O)N(C)C)cc1. The van der Waals surface area contributed by atoms with Crippen LogP contribution in [0.25, 0.3) is 0 Å². The first-order chi connectivity index (χ1) is 13.0. The number of benzene rings is 2. The van der Waals surface area contributed by atoms with Gasteiger partial charge in [0.25, 0.3) is 5.91 Å². The molecule has 0 aliphatic carbocycles. The first-order valence-electron chi connectivity index (χ1n) is 8.82. The van der Waals surface area contributed by atoms with Gasteiger partial charge in [0.05, 0.1) is 12.2 Å². The highest BCUT2D eigenvalue weighted by atomic mass is 16.5. The molecule has 6 nitrogen and oxygen atoms in total. The van der Waals surface area contributed by atoms with E-state index in [0.717, 1.165) is 5.56 Å². The second-order valence-electron chi connectivity index (χ2n) is 6.28. The van der Waals surface area contributed by atoms with Crippen molar-refractivity contribution < 1.29 is 19.1 Å².